The van der Waals surface area contributed by atoms with E-state index in [0.717, 1.165) is 17.1 Å². The molecule has 0 atom stereocenters. The highest BCUT2D eigenvalue weighted by atomic mass is 16.6. The maximum absolute atomic E-state index is 11.3. The first-order valence-electron chi connectivity index (χ1n) is 5.20. The van der Waals surface area contributed by atoms with Crippen molar-refractivity contribution in [3.8, 4) is 11.5 Å². The van der Waals surface area contributed by atoms with Crippen LogP contribution in [-0.2, 0) is 11.2 Å². The second kappa shape index (κ2) is 4.34. The zero-order valence-electron chi connectivity index (χ0n) is 8.79. The fraction of sp³-hybridized carbons (Fsp3) is 0.417. The number of hydrogen-bond acceptors (Lipinski definition) is 3. The van der Waals surface area contributed by atoms with E-state index in [9.17, 15) is 4.79 Å². The van der Waals surface area contributed by atoms with E-state index in [1.54, 1.807) is 0 Å². The van der Waals surface area contributed by atoms with E-state index in [4.69, 9.17) is 9.47 Å². The second-order valence-electron chi connectivity index (χ2n) is 3.55. The molecular formula is C12H14O3. The Morgan fingerprint density at radius 3 is 2.73 bits per heavy atom. The molecule has 0 radical (unpaired) electrons. The van der Waals surface area contributed by atoms with Gasteiger partial charge in [-0.25, -0.2) is 0 Å². The van der Waals surface area contributed by atoms with Crippen LogP contribution in [-0.4, -0.2) is 19.0 Å². The van der Waals surface area contributed by atoms with Crippen molar-refractivity contribution in [3.63, 3.8) is 0 Å². The Hall–Kier alpha value is -1.51. The monoisotopic (exact) mass is 206 g/mol. The summed E-state index contributed by atoms with van der Waals surface area (Å²) in [4.78, 5) is 11.3. The van der Waals surface area contributed by atoms with Gasteiger partial charge in [-0.15, -0.1) is 0 Å². The minimum atomic E-state index is 0.242. The minimum absolute atomic E-state index is 0.242. The maximum atomic E-state index is 11.3. The second-order valence-corrected chi connectivity index (χ2v) is 3.55. The topological polar surface area (TPSA) is 35.5 Å². The van der Waals surface area contributed by atoms with Crippen molar-refractivity contribution in [2.75, 3.05) is 13.2 Å². The minimum Gasteiger partial charge on any atom is -0.486 e. The van der Waals surface area contributed by atoms with Crippen LogP contribution >= 0.6 is 0 Å². The summed E-state index contributed by atoms with van der Waals surface area (Å²) >= 11 is 0. The zero-order chi connectivity index (χ0) is 10.7. The highest BCUT2D eigenvalue weighted by Gasteiger charge is 2.12. The summed E-state index contributed by atoms with van der Waals surface area (Å²) in [6.45, 7) is 3.05. The van der Waals surface area contributed by atoms with Gasteiger partial charge in [-0.3, -0.25) is 4.79 Å². The summed E-state index contributed by atoms with van der Waals surface area (Å²) in [5.74, 6) is 1.77. The van der Waals surface area contributed by atoms with E-state index >= 15 is 0 Å². The first-order valence-corrected chi connectivity index (χ1v) is 5.20. The third kappa shape index (κ3) is 2.29. The number of fused-ring (bicyclic) bond motifs is 1. The zero-order valence-corrected chi connectivity index (χ0v) is 8.79. The van der Waals surface area contributed by atoms with Gasteiger partial charge in [0.05, 0.1) is 0 Å². The van der Waals surface area contributed by atoms with E-state index in [-0.39, 0.29) is 5.78 Å². The Morgan fingerprint density at radius 2 is 2.00 bits per heavy atom. The lowest BCUT2D eigenvalue weighted by molar-refractivity contribution is -0.118. The van der Waals surface area contributed by atoms with Crippen molar-refractivity contribution in [1.82, 2.24) is 0 Å². The fourth-order valence-electron chi connectivity index (χ4n) is 1.55. The molecule has 0 fully saturated rings. The number of carbonyl (C=O) groups is 1. The third-order valence-electron chi connectivity index (χ3n) is 2.40. The Labute approximate surface area is 89.0 Å². The van der Waals surface area contributed by atoms with Gasteiger partial charge in [0, 0.05) is 12.8 Å². The molecule has 0 spiro atoms. The summed E-state index contributed by atoms with van der Waals surface area (Å²) in [7, 11) is 0. The van der Waals surface area contributed by atoms with Crippen LogP contribution in [0.15, 0.2) is 18.2 Å². The van der Waals surface area contributed by atoms with E-state index in [2.05, 4.69) is 0 Å². The van der Waals surface area contributed by atoms with Crippen molar-refractivity contribution >= 4 is 5.78 Å². The molecule has 1 aromatic rings. The average Bonchev–Trinajstić information content (AvgIpc) is 2.29. The Bertz CT molecular complexity index is 371. The van der Waals surface area contributed by atoms with E-state index in [0.29, 0.717) is 26.1 Å². The first kappa shape index (κ1) is 10.0. The molecule has 0 unspecified atom stereocenters. The normalized spacial score (nSPS) is 13.7. The molecule has 1 aliphatic rings. The van der Waals surface area contributed by atoms with Crippen molar-refractivity contribution in [3.05, 3.63) is 23.8 Å². The lowest BCUT2D eigenvalue weighted by atomic mass is 10.1. The van der Waals surface area contributed by atoms with Gasteiger partial charge >= 0.3 is 0 Å². The Kier molecular flexibility index (Phi) is 2.90. The van der Waals surface area contributed by atoms with E-state index in [1.807, 2.05) is 25.1 Å². The number of carbonyl (C=O) groups excluding carboxylic acids is 1. The standard InChI is InChI=1S/C12H14O3/c1-2-10(13)7-9-3-4-11-12(8-9)15-6-5-14-11/h3-4,8H,2,5-7H2,1H3. The van der Waals surface area contributed by atoms with Crippen LogP contribution < -0.4 is 9.47 Å². The lowest BCUT2D eigenvalue weighted by Crippen LogP contribution is -2.15. The van der Waals surface area contributed by atoms with Crippen LogP contribution in [0.25, 0.3) is 0 Å². The number of ether oxygens (including phenoxy) is 2. The van der Waals surface area contributed by atoms with Gasteiger partial charge in [0.2, 0.25) is 0 Å². The Balaban J connectivity index is 2.17. The van der Waals surface area contributed by atoms with Gasteiger partial charge in [0.1, 0.15) is 19.0 Å². The fourth-order valence-corrected chi connectivity index (χ4v) is 1.55. The van der Waals surface area contributed by atoms with Crippen LogP contribution in [0.4, 0.5) is 0 Å². The van der Waals surface area contributed by atoms with Gasteiger partial charge < -0.3 is 9.47 Å². The SMILES string of the molecule is CCC(=O)Cc1ccc2c(c1)OCCO2. The van der Waals surface area contributed by atoms with Gasteiger partial charge in [-0.1, -0.05) is 13.0 Å². The number of benzene rings is 1. The molecule has 3 nitrogen and oxygen atoms in total. The predicted octanol–water partition coefficient (Wildman–Crippen LogP) is 1.98. The summed E-state index contributed by atoms with van der Waals surface area (Å²) in [5.41, 5.74) is 0.992. The van der Waals surface area contributed by atoms with Crippen LogP contribution in [0.5, 0.6) is 11.5 Å². The van der Waals surface area contributed by atoms with Crippen LogP contribution in [0.1, 0.15) is 18.9 Å². The molecule has 2 rings (SSSR count). The highest BCUT2D eigenvalue weighted by molar-refractivity contribution is 5.80. The molecule has 1 aromatic carbocycles. The van der Waals surface area contributed by atoms with Crippen molar-refractivity contribution in [2.45, 2.75) is 19.8 Å². The van der Waals surface area contributed by atoms with Gasteiger partial charge in [-0.2, -0.15) is 0 Å². The number of hydrogen-bond donors (Lipinski definition) is 0. The quantitative estimate of drug-likeness (QED) is 0.758. The third-order valence-corrected chi connectivity index (χ3v) is 2.40. The molecule has 0 saturated heterocycles. The largest absolute Gasteiger partial charge is 0.486 e. The van der Waals surface area contributed by atoms with E-state index in [1.165, 1.54) is 0 Å². The molecule has 0 saturated carbocycles. The van der Waals surface area contributed by atoms with Crippen LogP contribution in [0, 0.1) is 0 Å². The molecule has 0 aliphatic carbocycles. The molecule has 0 N–H and O–H groups in total. The number of rotatable bonds is 3. The summed E-state index contributed by atoms with van der Waals surface area (Å²) in [6, 6.07) is 5.68. The molecule has 0 aromatic heterocycles. The van der Waals surface area contributed by atoms with Crippen molar-refractivity contribution in [2.24, 2.45) is 0 Å². The first-order chi connectivity index (χ1) is 7.29. The van der Waals surface area contributed by atoms with Crippen molar-refractivity contribution < 1.29 is 14.3 Å². The molecule has 1 aliphatic heterocycles. The van der Waals surface area contributed by atoms with Crippen LogP contribution in [0.2, 0.25) is 0 Å². The maximum Gasteiger partial charge on any atom is 0.161 e. The molecule has 0 bridgehead atoms. The molecular weight excluding hydrogens is 192 g/mol. The average molecular weight is 206 g/mol. The van der Waals surface area contributed by atoms with Crippen molar-refractivity contribution in [1.29, 1.82) is 0 Å². The lowest BCUT2D eigenvalue weighted by Gasteiger charge is -2.18. The van der Waals surface area contributed by atoms with Gasteiger partial charge in [-0.05, 0) is 17.7 Å². The van der Waals surface area contributed by atoms with E-state index < -0.39 is 0 Å². The molecule has 1 heterocycles. The molecule has 15 heavy (non-hydrogen) atoms. The number of ketones is 1. The highest BCUT2D eigenvalue weighted by Crippen LogP contribution is 2.30. The van der Waals surface area contributed by atoms with Crippen LogP contribution in [0.3, 0.4) is 0 Å². The molecule has 0 amide bonds. The summed E-state index contributed by atoms with van der Waals surface area (Å²) in [5, 5.41) is 0. The molecule has 3 heteroatoms. The van der Waals surface area contributed by atoms with Gasteiger partial charge in [0.15, 0.2) is 11.5 Å². The predicted molar refractivity (Wildman–Crippen MR) is 56.4 cm³/mol. The summed E-state index contributed by atoms with van der Waals surface area (Å²) < 4.78 is 10.8. The summed E-state index contributed by atoms with van der Waals surface area (Å²) in [6.07, 6.45) is 1.06. The Morgan fingerprint density at radius 1 is 1.27 bits per heavy atom. The van der Waals surface area contributed by atoms with Gasteiger partial charge in [0.25, 0.3) is 0 Å². The smallest absolute Gasteiger partial charge is 0.161 e. The number of Topliss-reactive ketones (excluding diaryl/α,β-unsaturated/α-hetero) is 1. The molecule has 80 valence electrons.